The number of nitrogens with one attached hydrogen (secondary N) is 1. The second kappa shape index (κ2) is 8.44. The van der Waals surface area contributed by atoms with Gasteiger partial charge < -0.3 is 9.88 Å². The molecular weight excluding hydrogens is 436 g/mol. The van der Waals surface area contributed by atoms with Crippen molar-refractivity contribution in [2.75, 3.05) is 5.32 Å². The molecule has 1 aromatic heterocycles. The minimum absolute atomic E-state index is 1.08. The third kappa shape index (κ3) is 3.43. The summed E-state index contributed by atoms with van der Waals surface area (Å²) in [6.07, 6.45) is 0. The summed E-state index contributed by atoms with van der Waals surface area (Å²) in [5.74, 6) is 0. The van der Waals surface area contributed by atoms with Gasteiger partial charge in [0.2, 0.25) is 0 Å². The molecule has 170 valence electrons. The summed E-state index contributed by atoms with van der Waals surface area (Å²) in [4.78, 5) is 0. The van der Waals surface area contributed by atoms with Crippen LogP contribution >= 0.6 is 0 Å². The van der Waals surface area contributed by atoms with E-state index in [-0.39, 0.29) is 0 Å². The highest BCUT2D eigenvalue weighted by atomic mass is 15.0. The van der Waals surface area contributed by atoms with Gasteiger partial charge in [-0.25, -0.2) is 0 Å². The number of aromatic nitrogens is 1. The van der Waals surface area contributed by atoms with E-state index in [1.165, 1.54) is 49.4 Å². The Balaban J connectivity index is 1.29. The van der Waals surface area contributed by atoms with Gasteiger partial charge >= 0.3 is 0 Å². The maximum Gasteiger partial charge on any atom is 0.0547 e. The smallest absolute Gasteiger partial charge is 0.0547 e. The topological polar surface area (TPSA) is 17.0 Å². The highest BCUT2D eigenvalue weighted by molar-refractivity contribution is 6.10. The lowest BCUT2D eigenvalue weighted by Gasteiger charge is -2.11. The van der Waals surface area contributed by atoms with E-state index in [0.717, 1.165) is 11.4 Å². The van der Waals surface area contributed by atoms with E-state index in [1.807, 2.05) is 0 Å². The Morgan fingerprint density at radius 3 is 1.97 bits per heavy atom. The van der Waals surface area contributed by atoms with Crippen LogP contribution in [-0.2, 0) is 0 Å². The Kier molecular flexibility index (Phi) is 4.82. The standard InChI is InChI=1S/C34H24N2/c1-2-11-28(12-3-1)36-33-16-7-6-14-30(33)31-22-19-26(23-34(31)36)24-17-20-27(21-18-24)35-32-15-8-10-25-9-4-5-13-29(25)32/h1-23,35H. The molecule has 0 aliphatic rings. The SMILES string of the molecule is c1ccc(-n2c3ccccc3c3ccc(-c4ccc(Nc5cccc6ccccc56)cc4)cc32)cc1. The molecule has 2 heteroatoms. The first-order valence-electron chi connectivity index (χ1n) is 12.3. The molecule has 0 unspecified atom stereocenters. The molecule has 0 spiro atoms. The van der Waals surface area contributed by atoms with Crippen molar-refractivity contribution < 1.29 is 0 Å². The van der Waals surface area contributed by atoms with E-state index < -0.39 is 0 Å². The Bertz CT molecular complexity index is 1840. The van der Waals surface area contributed by atoms with E-state index in [9.17, 15) is 0 Å². The minimum atomic E-state index is 1.08. The molecule has 36 heavy (non-hydrogen) atoms. The van der Waals surface area contributed by atoms with Crippen LogP contribution in [0.1, 0.15) is 0 Å². The fourth-order valence-electron chi connectivity index (χ4n) is 5.24. The van der Waals surface area contributed by atoms with Crippen molar-refractivity contribution in [1.82, 2.24) is 4.57 Å². The van der Waals surface area contributed by atoms with Crippen molar-refractivity contribution in [3.05, 3.63) is 140 Å². The number of benzene rings is 6. The third-order valence-electron chi connectivity index (χ3n) is 6.98. The maximum absolute atomic E-state index is 3.60. The largest absolute Gasteiger partial charge is 0.355 e. The van der Waals surface area contributed by atoms with E-state index in [4.69, 9.17) is 0 Å². The first-order chi connectivity index (χ1) is 17.8. The summed E-state index contributed by atoms with van der Waals surface area (Å²) in [6, 6.07) is 49.6. The predicted molar refractivity (Wildman–Crippen MR) is 153 cm³/mol. The average molecular weight is 461 g/mol. The van der Waals surface area contributed by atoms with Crippen molar-refractivity contribution in [2.24, 2.45) is 0 Å². The van der Waals surface area contributed by atoms with Gasteiger partial charge in [-0.2, -0.15) is 0 Å². The van der Waals surface area contributed by atoms with E-state index in [1.54, 1.807) is 0 Å². The monoisotopic (exact) mass is 460 g/mol. The van der Waals surface area contributed by atoms with Gasteiger partial charge in [0.05, 0.1) is 11.0 Å². The van der Waals surface area contributed by atoms with Gasteiger partial charge in [-0.15, -0.1) is 0 Å². The van der Waals surface area contributed by atoms with Crippen LogP contribution in [0.25, 0.3) is 49.4 Å². The quantitative estimate of drug-likeness (QED) is 0.277. The molecule has 0 fully saturated rings. The summed E-state index contributed by atoms with van der Waals surface area (Å²) in [6.45, 7) is 0. The maximum atomic E-state index is 3.60. The Morgan fingerprint density at radius 1 is 0.444 bits per heavy atom. The number of fused-ring (bicyclic) bond motifs is 4. The minimum Gasteiger partial charge on any atom is -0.355 e. The van der Waals surface area contributed by atoms with Crippen molar-refractivity contribution in [2.45, 2.75) is 0 Å². The molecule has 0 atom stereocenters. The fourth-order valence-corrected chi connectivity index (χ4v) is 5.24. The van der Waals surface area contributed by atoms with Crippen molar-refractivity contribution in [3.63, 3.8) is 0 Å². The molecule has 1 N–H and O–H groups in total. The first-order valence-corrected chi connectivity index (χ1v) is 12.3. The predicted octanol–water partition coefficient (Wildman–Crippen LogP) is 9.35. The molecule has 2 nitrogen and oxygen atoms in total. The van der Waals surface area contributed by atoms with Crippen molar-refractivity contribution >= 4 is 44.0 Å². The second-order valence-corrected chi connectivity index (χ2v) is 9.15. The molecule has 6 aromatic carbocycles. The molecule has 0 amide bonds. The van der Waals surface area contributed by atoms with Crippen LogP contribution in [0, 0.1) is 0 Å². The van der Waals surface area contributed by atoms with Crippen LogP contribution in [0.15, 0.2) is 140 Å². The van der Waals surface area contributed by atoms with E-state index in [2.05, 4.69) is 149 Å². The summed E-state index contributed by atoms with van der Waals surface area (Å²) in [5.41, 5.74) is 8.23. The molecule has 0 aliphatic heterocycles. The number of hydrogen-bond acceptors (Lipinski definition) is 1. The van der Waals surface area contributed by atoms with Crippen LogP contribution in [0.2, 0.25) is 0 Å². The normalized spacial score (nSPS) is 11.3. The molecule has 0 saturated heterocycles. The molecule has 0 radical (unpaired) electrons. The molecular formula is C34H24N2. The number of anilines is 2. The lowest BCUT2D eigenvalue weighted by molar-refractivity contribution is 1.18. The van der Waals surface area contributed by atoms with Gasteiger partial charge in [0.25, 0.3) is 0 Å². The Labute approximate surface area is 210 Å². The summed E-state index contributed by atoms with van der Waals surface area (Å²) in [5, 5.41) is 8.61. The summed E-state index contributed by atoms with van der Waals surface area (Å²) < 4.78 is 2.37. The summed E-state index contributed by atoms with van der Waals surface area (Å²) in [7, 11) is 0. The third-order valence-corrected chi connectivity index (χ3v) is 6.98. The van der Waals surface area contributed by atoms with Crippen LogP contribution in [0.4, 0.5) is 11.4 Å². The van der Waals surface area contributed by atoms with Crippen molar-refractivity contribution in [1.29, 1.82) is 0 Å². The van der Waals surface area contributed by atoms with Crippen LogP contribution in [0.3, 0.4) is 0 Å². The zero-order chi connectivity index (χ0) is 23.9. The van der Waals surface area contributed by atoms with Gasteiger partial charge in [0.1, 0.15) is 0 Å². The zero-order valence-corrected chi connectivity index (χ0v) is 19.7. The fraction of sp³-hybridized carbons (Fsp3) is 0. The van der Waals surface area contributed by atoms with Crippen LogP contribution in [0.5, 0.6) is 0 Å². The molecule has 7 aromatic rings. The van der Waals surface area contributed by atoms with Crippen LogP contribution in [-0.4, -0.2) is 4.57 Å². The number of rotatable bonds is 4. The zero-order valence-electron chi connectivity index (χ0n) is 19.7. The van der Waals surface area contributed by atoms with Gasteiger partial charge in [-0.3, -0.25) is 0 Å². The summed E-state index contributed by atoms with van der Waals surface area (Å²) >= 11 is 0. The van der Waals surface area contributed by atoms with Gasteiger partial charge in [0, 0.05) is 33.2 Å². The molecule has 0 bridgehead atoms. The highest BCUT2D eigenvalue weighted by Crippen LogP contribution is 2.35. The Morgan fingerprint density at radius 2 is 1.11 bits per heavy atom. The molecule has 1 heterocycles. The van der Waals surface area contributed by atoms with E-state index >= 15 is 0 Å². The first kappa shape index (κ1) is 20.5. The van der Waals surface area contributed by atoms with E-state index in [0.29, 0.717) is 0 Å². The van der Waals surface area contributed by atoms with Gasteiger partial charge in [0.15, 0.2) is 0 Å². The van der Waals surface area contributed by atoms with Crippen LogP contribution < -0.4 is 5.32 Å². The highest BCUT2D eigenvalue weighted by Gasteiger charge is 2.13. The molecule has 7 rings (SSSR count). The van der Waals surface area contributed by atoms with Gasteiger partial charge in [-0.05, 0) is 59.0 Å². The molecule has 0 saturated carbocycles. The Hall–Kier alpha value is -4.82. The lowest BCUT2D eigenvalue weighted by atomic mass is 10.0. The average Bonchev–Trinajstić information content (AvgIpc) is 3.28. The van der Waals surface area contributed by atoms with Crippen molar-refractivity contribution in [3.8, 4) is 16.8 Å². The number of para-hydroxylation sites is 2. The van der Waals surface area contributed by atoms with Gasteiger partial charge in [-0.1, -0.05) is 97.1 Å². The number of nitrogens with zero attached hydrogens (tertiary/aromatic N) is 1. The number of hydrogen-bond donors (Lipinski definition) is 1. The lowest BCUT2D eigenvalue weighted by Crippen LogP contribution is -1.93. The second-order valence-electron chi connectivity index (χ2n) is 9.15. The molecule has 0 aliphatic carbocycles.